The number of aryl methyl sites for hydroxylation is 2. The third kappa shape index (κ3) is 2.96. The number of aromatic nitrogens is 2. The summed E-state index contributed by atoms with van der Waals surface area (Å²) < 4.78 is 31.7. The monoisotopic (exact) mass is 265 g/mol. The highest BCUT2D eigenvalue weighted by atomic mass is 19.1. The number of rotatable bonds is 4. The van der Waals surface area contributed by atoms with E-state index in [4.69, 9.17) is 10.5 Å². The van der Waals surface area contributed by atoms with Crippen molar-refractivity contribution >= 4 is 5.82 Å². The van der Waals surface area contributed by atoms with Gasteiger partial charge in [-0.3, -0.25) is 0 Å². The van der Waals surface area contributed by atoms with E-state index in [1.807, 2.05) is 0 Å². The van der Waals surface area contributed by atoms with E-state index >= 15 is 0 Å². The van der Waals surface area contributed by atoms with E-state index in [1.165, 1.54) is 7.11 Å². The molecular weight excluding hydrogens is 252 g/mol. The number of hydrogen-bond acceptors (Lipinski definition) is 4. The molecule has 0 atom stereocenters. The summed E-state index contributed by atoms with van der Waals surface area (Å²) >= 11 is 0. The second-order valence-corrected chi connectivity index (χ2v) is 3.95. The SMILES string of the molecule is COc1cccc(CCc2ncc(F)c(N)n2)c1F. The van der Waals surface area contributed by atoms with Crippen LogP contribution in [0.2, 0.25) is 0 Å². The fraction of sp³-hybridized carbons (Fsp3) is 0.231. The van der Waals surface area contributed by atoms with Crippen LogP contribution in [0.1, 0.15) is 11.4 Å². The summed E-state index contributed by atoms with van der Waals surface area (Å²) in [5.41, 5.74) is 5.84. The van der Waals surface area contributed by atoms with Crippen molar-refractivity contribution in [2.45, 2.75) is 12.8 Å². The van der Waals surface area contributed by atoms with Gasteiger partial charge < -0.3 is 10.5 Å². The van der Waals surface area contributed by atoms with Crippen molar-refractivity contribution in [1.29, 1.82) is 0 Å². The number of hydrogen-bond donors (Lipinski definition) is 1. The molecule has 6 heteroatoms. The molecule has 0 unspecified atom stereocenters. The van der Waals surface area contributed by atoms with E-state index in [1.54, 1.807) is 18.2 Å². The molecule has 1 aromatic heterocycles. The maximum atomic E-state index is 13.9. The molecule has 1 aromatic carbocycles. The molecule has 0 radical (unpaired) electrons. The zero-order valence-electron chi connectivity index (χ0n) is 10.4. The second-order valence-electron chi connectivity index (χ2n) is 3.95. The smallest absolute Gasteiger partial charge is 0.183 e. The largest absolute Gasteiger partial charge is 0.494 e. The zero-order valence-corrected chi connectivity index (χ0v) is 10.4. The van der Waals surface area contributed by atoms with Gasteiger partial charge in [0.25, 0.3) is 0 Å². The lowest BCUT2D eigenvalue weighted by Gasteiger charge is -2.07. The van der Waals surface area contributed by atoms with Crippen molar-refractivity contribution in [1.82, 2.24) is 9.97 Å². The van der Waals surface area contributed by atoms with Gasteiger partial charge in [-0.15, -0.1) is 0 Å². The molecule has 0 aliphatic carbocycles. The van der Waals surface area contributed by atoms with E-state index in [-0.39, 0.29) is 11.6 Å². The van der Waals surface area contributed by atoms with Crippen LogP contribution in [0.15, 0.2) is 24.4 Å². The zero-order chi connectivity index (χ0) is 13.8. The molecule has 0 bridgehead atoms. The summed E-state index contributed by atoms with van der Waals surface area (Å²) in [4.78, 5) is 7.60. The fourth-order valence-corrected chi connectivity index (χ4v) is 1.69. The summed E-state index contributed by atoms with van der Waals surface area (Å²) in [6.45, 7) is 0. The van der Waals surface area contributed by atoms with Crippen LogP contribution in [0.25, 0.3) is 0 Å². The number of nitrogens with two attached hydrogens (primary N) is 1. The van der Waals surface area contributed by atoms with Gasteiger partial charge >= 0.3 is 0 Å². The van der Waals surface area contributed by atoms with Gasteiger partial charge in [0.2, 0.25) is 0 Å². The Morgan fingerprint density at radius 1 is 1.26 bits per heavy atom. The van der Waals surface area contributed by atoms with Gasteiger partial charge in [-0.2, -0.15) is 0 Å². The topological polar surface area (TPSA) is 61.0 Å². The Bertz CT molecular complexity index is 590. The van der Waals surface area contributed by atoms with Gasteiger partial charge in [0.15, 0.2) is 23.2 Å². The maximum absolute atomic E-state index is 13.9. The minimum atomic E-state index is -0.656. The van der Waals surface area contributed by atoms with E-state index < -0.39 is 11.6 Å². The van der Waals surface area contributed by atoms with Crippen LogP contribution < -0.4 is 10.5 Å². The van der Waals surface area contributed by atoms with Gasteiger partial charge in [0.05, 0.1) is 13.3 Å². The van der Waals surface area contributed by atoms with Crippen LogP contribution >= 0.6 is 0 Å². The molecule has 2 N–H and O–H groups in total. The Balaban J connectivity index is 2.12. The van der Waals surface area contributed by atoms with Crippen LogP contribution in [-0.4, -0.2) is 17.1 Å². The van der Waals surface area contributed by atoms with Crippen LogP contribution in [0.5, 0.6) is 5.75 Å². The highest BCUT2D eigenvalue weighted by Gasteiger charge is 2.10. The molecule has 0 spiro atoms. The lowest BCUT2D eigenvalue weighted by Crippen LogP contribution is -2.04. The molecule has 0 aliphatic rings. The molecule has 100 valence electrons. The first-order valence-corrected chi connectivity index (χ1v) is 5.70. The summed E-state index contributed by atoms with van der Waals surface area (Å²) in [6, 6.07) is 4.91. The first-order valence-electron chi connectivity index (χ1n) is 5.70. The number of nitrogens with zero attached hydrogens (tertiary/aromatic N) is 2. The Morgan fingerprint density at radius 2 is 2.05 bits per heavy atom. The Kier molecular flexibility index (Phi) is 3.89. The van der Waals surface area contributed by atoms with Gasteiger partial charge in [-0.25, -0.2) is 18.7 Å². The minimum Gasteiger partial charge on any atom is -0.494 e. The van der Waals surface area contributed by atoms with Crippen molar-refractivity contribution in [2.24, 2.45) is 0 Å². The molecule has 19 heavy (non-hydrogen) atoms. The predicted octanol–water partition coefficient (Wildman–Crippen LogP) is 2.13. The fourth-order valence-electron chi connectivity index (χ4n) is 1.69. The average Bonchev–Trinajstić information content (AvgIpc) is 2.41. The van der Waals surface area contributed by atoms with Gasteiger partial charge in [-0.05, 0) is 18.1 Å². The number of benzene rings is 1. The minimum absolute atomic E-state index is 0.192. The van der Waals surface area contributed by atoms with E-state index in [9.17, 15) is 8.78 Å². The first kappa shape index (κ1) is 13.2. The Hall–Kier alpha value is -2.24. The normalized spacial score (nSPS) is 10.5. The Labute approximate surface area is 109 Å². The number of nitrogen functional groups attached to an aromatic ring is 1. The third-order valence-corrected chi connectivity index (χ3v) is 2.70. The highest BCUT2D eigenvalue weighted by molar-refractivity contribution is 5.32. The van der Waals surface area contributed by atoms with Crippen LogP contribution in [-0.2, 0) is 12.8 Å². The summed E-state index contributed by atoms with van der Waals surface area (Å²) in [6.07, 6.45) is 1.77. The molecule has 2 aromatic rings. The number of halogens is 2. The summed E-state index contributed by atoms with van der Waals surface area (Å²) in [5, 5.41) is 0. The second kappa shape index (κ2) is 5.60. The summed E-state index contributed by atoms with van der Waals surface area (Å²) in [5.74, 6) is -0.689. The van der Waals surface area contributed by atoms with Gasteiger partial charge in [0.1, 0.15) is 5.82 Å². The Morgan fingerprint density at radius 3 is 2.74 bits per heavy atom. The van der Waals surface area contributed by atoms with E-state index in [2.05, 4.69) is 9.97 Å². The van der Waals surface area contributed by atoms with Gasteiger partial charge in [-0.1, -0.05) is 12.1 Å². The molecule has 2 rings (SSSR count). The molecule has 0 fully saturated rings. The van der Waals surface area contributed by atoms with Crippen molar-refractivity contribution < 1.29 is 13.5 Å². The number of ether oxygens (including phenoxy) is 1. The standard InChI is InChI=1S/C13H13F2N3O/c1-19-10-4-2-3-8(12(10)15)5-6-11-17-7-9(14)13(16)18-11/h2-4,7H,5-6H2,1H3,(H2,16,17,18). The lowest BCUT2D eigenvalue weighted by molar-refractivity contribution is 0.384. The molecule has 0 saturated heterocycles. The van der Waals surface area contributed by atoms with Gasteiger partial charge in [0, 0.05) is 6.42 Å². The molecule has 0 aliphatic heterocycles. The van der Waals surface area contributed by atoms with Crippen LogP contribution in [0.3, 0.4) is 0 Å². The average molecular weight is 265 g/mol. The van der Waals surface area contributed by atoms with Crippen LogP contribution in [0.4, 0.5) is 14.6 Å². The van der Waals surface area contributed by atoms with Crippen LogP contribution in [0, 0.1) is 11.6 Å². The van der Waals surface area contributed by atoms with Crippen molar-refractivity contribution in [3.63, 3.8) is 0 Å². The molecule has 0 amide bonds. The van der Waals surface area contributed by atoms with E-state index in [0.29, 0.717) is 24.2 Å². The van der Waals surface area contributed by atoms with Crippen molar-refractivity contribution in [3.05, 3.63) is 47.4 Å². The molecule has 0 saturated carbocycles. The van der Waals surface area contributed by atoms with E-state index in [0.717, 1.165) is 6.20 Å². The third-order valence-electron chi connectivity index (χ3n) is 2.70. The lowest BCUT2D eigenvalue weighted by atomic mass is 10.1. The first-order chi connectivity index (χ1) is 9.11. The maximum Gasteiger partial charge on any atom is 0.183 e. The predicted molar refractivity (Wildman–Crippen MR) is 66.8 cm³/mol. The summed E-state index contributed by atoms with van der Waals surface area (Å²) in [7, 11) is 1.41. The van der Waals surface area contributed by atoms with Crippen molar-refractivity contribution in [2.75, 3.05) is 12.8 Å². The van der Waals surface area contributed by atoms with Crippen molar-refractivity contribution in [3.8, 4) is 5.75 Å². The molecular formula is C13H13F2N3O. The quantitative estimate of drug-likeness (QED) is 0.920. The number of methoxy groups -OCH3 is 1. The number of anilines is 1. The molecule has 1 heterocycles. The highest BCUT2D eigenvalue weighted by Crippen LogP contribution is 2.21. The molecule has 4 nitrogen and oxygen atoms in total.